The average molecular weight is 197 g/mol. The summed E-state index contributed by atoms with van der Waals surface area (Å²) in [6, 6.07) is 1.70. The van der Waals surface area contributed by atoms with E-state index >= 15 is 0 Å². The van der Waals surface area contributed by atoms with Crippen molar-refractivity contribution in [3.05, 3.63) is 22.4 Å². The fraction of sp³-hybridized carbons (Fsp3) is 0.444. The van der Waals surface area contributed by atoms with Crippen molar-refractivity contribution in [3.63, 3.8) is 0 Å². The molecule has 2 unspecified atom stereocenters. The van der Waals surface area contributed by atoms with E-state index in [0.717, 1.165) is 5.56 Å². The third kappa shape index (κ3) is 1.65. The van der Waals surface area contributed by atoms with Gasteiger partial charge in [0, 0.05) is 17.0 Å². The normalized spacial score (nSPS) is 27.8. The van der Waals surface area contributed by atoms with Crippen LogP contribution in [-0.2, 0) is 4.74 Å². The zero-order valence-corrected chi connectivity index (χ0v) is 7.92. The van der Waals surface area contributed by atoms with E-state index in [4.69, 9.17) is 10.5 Å². The standard InChI is InChI=1S/C9H11NO2S/c10-8-4-12-3-7(8)9(11)6-1-2-13-5-6/h1-2,5,7-8H,3-4,10H2. The highest BCUT2D eigenvalue weighted by molar-refractivity contribution is 7.08. The van der Waals surface area contributed by atoms with Gasteiger partial charge in [-0.2, -0.15) is 11.3 Å². The molecule has 0 aliphatic carbocycles. The van der Waals surface area contributed by atoms with Crippen LogP contribution in [0.25, 0.3) is 0 Å². The van der Waals surface area contributed by atoms with Gasteiger partial charge in [-0.05, 0) is 11.4 Å². The number of carbonyl (C=O) groups is 1. The summed E-state index contributed by atoms with van der Waals surface area (Å²) in [5.74, 6) is -0.0270. The first-order valence-corrected chi connectivity index (χ1v) is 5.13. The molecule has 1 aromatic rings. The van der Waals surface area contributed by atoms with Crippen molar-refractivity contribution in [1.82, 2.24) is 0 Å². The summed E-state index contributed by atoms with van der Waals surface area (Å²) >= 11 is 1.53. The number of hydrogen-bond donors (Lipinski definition) is 1. The monoisotopic (exact) mass is 197 g/mol. The molecule has 4 heteroatoms. The van der Waals surface area contributed by atoms with E-state index in [0.29, 0.717) is 13.2 Å². The number of ether oxygens (including phenoxy) is 1. The molecule has 0 aromatic carbocycles. The van der Waals surface area contributed by atoms with Crippen molar-refractivity contribution >= 4 is 17.1 Å². The van der Waals surface area contributed by atoms with E-state index in [2.05, 4.69) is 0 Å². The van der Waals surface area contributed by atoms with Crippen molar-refractivity contribution in [3.8, 4) is 0 Å². The molecule has 3 nitrogen and oxygen atoms in total. The van der Waals surface area contributed by atoms with Crippen molar-refractivity contribution < 1.29 is 9.53 Å². The van der Waals surface area contributed by atoms with Gasteiger partial charge in [-0.1, -0.05) is 0 Å². The van der Waals surface area contributed by atoms with Gasteiger partial charge in [0.1, 0.15) is 0 Å². The number of nitrogens with two attached hydrogens (primary N) is 1. The maximum Gasteiger partial charge on any atom is 0.170 e. The molecule has 1 aromatic heterocycles. The fourth-order valence-electron chi connectivity index (χ4n) is 1.46. The molecule has 1 aliphatic rings. The molecule has 2 atom stereocenters. The maximum absolute atomic E-state index is 11.8. The molecule has 1 aliphatic heterocycles. The Morgan fingerprint density at radius 3 is 3.00 bits per heavy atom. The van der Waals surface area contributed by atoms with Gasteiger partial charge < -0.3 is 10.5 Å². The lowest BCUT2D eigenvalue weighted by Gasteiger charge is -2.09. The Hall–Kier alpha value is -0.710. The number of thiophene rings is 1. The lowest BCUT2D eigenvalue weighted by Crippen LogP contribution is -2.33. The summed E-state index contributed by atoms with van der Waals surface area (Å²) in [4.78, 5) is 11.8. The minimum atomic E-state index is -0.144. The Labute approximate surface area is 80.5 Å². The first-order chi connectivity index (χ1) is 6.29. The number of ketones is 1. The predicted octanol–water partition coefficient (Wildman–Crippen LogP) is 0.904. The summed E-state index contributed by atoms with van der Waals surface area (Å²) in [5, 5.41) is 3.75. The molecular weight excluding hydrogens is 186 g/mol. The number of carbonyl (C=O) groups excluding carboxylic acids is 1. The van der Waals surface area contributed by atoms with Crippen molar-refractivity contribution in [2.75, 3.05) is 13.2 Å². The summed E-state index contributed by atoms with van der Waals surface area (Å²) in [6.45, 7) is 0.969. The van der Waals surface area contributed by atoms with Crippen LogP contribution in [0.3, 0.4) is 0 Å². The van der Waals surface area contributed by atoms with Crippen LogP contribution in [0.4, 0.5) is 0 Å². The zero-order chi connectivity index (χ0) is 9.26. The molecule has 13 heavy (non-hydrogen) atoms. The first-order valence-electron chi connectivity index (χ1n) is 4.19. The Bertz CT molecular complexity index is 297. The lowest BCUT2D eigenvalue weighted by atomic mass is 9.96. The highest BCUT2D eigenvalue weighted by Crippen LogP contribution is 2.19. The zero-order valence-electron chi connectivity index (χ0n) is 7.10. The summed E-state index contributed by atoms with van der Waals surface area (Å²) < 4.78 is 5.15. The van der Waals surface area contributed by atoms with Crippen LogP contribution >= 0.6 is 11.3 Å². The van der Waals surface area contributed by atoms with Gasteiger partial charge >= 0.3 is 0 Å². The van der Waals surface area contributed by atoms with E-state index in [1.165, 1.54) is 11.3 Å². The van der Waals surface area contributed by atoms with Crippen LogP contribution in [0.2, 0.25) is 0 Å². The van der Waals surface area contributed by atoms with Crippen molar-refractivity contribution in [2.45, 2.75) is 6.04 Å². The molecule has 0 saturated carbocycles. The topological polar surface area (TPSA) is 52.3 Å². The van der Waals surface area contributed by atoms with Crippen LogP contribution in [0.5, 0.6) is 0 Å². The second-order valence-corrected chi connectivity index (χ2v) is 3.96. The van der Waals surface area contributed by atoms with Crippen LogP contribution in [0.1, 0.15) is 10.4 Å². The third-order valence-corrected chi connectivity index (χ3v) is 2.95. The number of rotatable bonds is 2. The van der Waals surface area contributed by atoms with Crippen molar-refractivity contribution in [2.24, 2.45) is 11.7 Å². The fourth-order valence-corrected chi connectivity index (χ4v) is 2.10. The Balaban J connectivity index is 2.13. The van der Waals surface area contributed by atoms with Crippen molar-refractivity contribution in [1.29, 1.82) is 0 Å². The Morgan fingerprint density at radius 1 is 1.62 bits per heavy atom. The average Bonchev–Trinajstić information content (AvgIpc) is 2.72. The van der Waals surface area contributed by atoms with Gasteiger partial charge in [-0.25, -0.2) is 0 Å². The van der Waals surface area contributed by atoms with E-state index in [-0.39, 0.29) is 17.7 Å². The Kier molecular flexibility index (Phi) is 2.44. The molecule has 2 rings (SSSR count). The highest BCUT2D eigenvalue weighted by Gasteiger charge is 2.31. The van der Waals surface area contributed by atoms with Gasteiger partial charge in [0.2, 0.25) is 0 Å². The Morgan fingerprint density at radius 2 is 2.46 bits per heavy atom. The minimum absolute atomic E-state index is 0.117. The molecule has 70 valence electrons. The van der Waals surface area contributed by atoms with E-state index < -0.39 is 0 Å². The van der Waals surface area contributed by atoms with Crippen LogP contribution < -0.4 is 5.73 Å². The molecule has 2 N–H and O–H groups in total. The smallest absolute Gasteiger partial charge is 0.170 e. The molecule has 0 spiro atoms. The minimum Gasteiger partial charge on any atom is -0.379 e. The van der Waals surface area contributed by atoms with E-state index in [1.807, 2.05) is 16.8 Å². The first kappa shape index (κ1) is 8.87. The quantitative estimate of drug-likeness (QED) is 0.717. The summed E-state index contributed by atoms with van der Waals surface area (Å²) in [6.07, 6.45) is 0. The molecule has 1 fully saturated rings. The molecule has 1 saturated heterocycles. The van der Waals surface area contributed by atoms with Gasteiger partial charge in [-0.3, -0.25) is 4.79 Å². The lowest BCUT2D eigenvalue weighted by molar-refractivity contribution is 0.0896. The van der Waals surface area contributed by atoms with Crippen LogP contribution in [-0.4, -0.2) is 25.0 Å². The third-order valence-electron chi connectivity index (χ3n) is 2.27. The van der Waals surface area contributed by atoms with Crippen LogP contribution in [0, 0.1) is 5.92 Å². The van der Waals surface area contributed by atoms with Crippen LogP contribution in [0.15, 0.2) is 16.8 Å². The van der Waals surface area contributed by atoms with E-state index in [9.17, 15) is 4.79 Å². The molecular formula is C9H11NO2S. The second-order valence-electron chi connectivity index (χ2n) is 3.18. The molecule has 0 radical (unpaired) electrons. The van der Waals surface area contributed by atoms with Gasteiger partial charge in [0.25, 0.3) is 0 Å². The SMILES string of the molecule is NC1COCC1C(=O)c1ccsc1. The number of hydrogen-bond acceptors (Lipinski definition) is 4. The molecule has 0 amide bonds. The second kappa shape index (κ2) is 3.57. The largest absolute Gasteiger partial charge is 0.379 e. The summed E-state index contributed by atoms with van der Waals surface area (Å²) in [5.41, 5.74) is 6.50. The van der Waals surface area contributed by atoms with Gasteiger partial charge in [-0.15, -0.1) is 0 Å². The van der Waals surface area contributed by atoms with Gasteiger partial charge in [0.15, 0.2) is 5.78 Å². The molecule has 2 heterocycles. The molecule has 0 bridgehead atoms. The highest BCUT2D eigenvalue weighted by atomic mass is 32.1. The maximum atomic E-state index is 11.8. The van der Waals surface area contributed by atoms with E-state index in [1.54, 1.807) is 0 Å². The number of Topliss-reactive ketones (excluding diaryl/α,β-unsaturated/α-hetero) is 1. The van der Waals surface area contributed by atoms with Gasteiger partial charge in [0.05, 0.1) is 19.1 Å². The summed E-state index contributed by atoms with van der Waals surface area (Å²) in [7, 11) is 0. The predicted molar refractivity (Wildman–Crippen MR) is 50.9 cm³/mol.